The van der Waals surface area contributed by atoms with Crippen LogP contribution in [0.3, 0.4) is 0 Å². The van der Waals surface area contributed by atoms with Gasteiger partial charge in [-0.15, -0.1) is 0 Å². The molecule has 0 fully saturated rings. The molecule has 4 N–H and O–H groups in total. The van der Waals surface area contributed by atoms with Crippen molar-refractivity contribution < 1.29 is 14.7 Å². The maximum atomic E-state index is 9.51. The molecule has 2 rings (SSSR count). The average molecular weight is 241 g/mol. The van der Waals surface area contributed by atoms with E-state index in [1.54, 1.807) is 6.92 Å². The van der Waals surface area contributed by atoms with Crippen molar-refractivity contribution in [1.29, 1.82) is 0 Å². The molecule has 0 unspecified atom stereocenters. The summed E-state index contributed by atoms with van der Waals surface area (Å²) < 4.78 is 4.72. The van der Waals surface area contributed by atoms with Gasteiger partial charge < -0.3 is 20.5 Å². The number of halogens is 1. The predicted octanol–water partition coefficient (Wildman–Crippen LogP) is 2.30. The Bertz CT molecular complexity index is 551. The number of rotatable bonds is 1. The Morgan fingerprint density at radius 3 is 2.62 bits per heavy atom. The summed E-state index contributed by atoms with van der Waals surface area (Å²) in [5.41, 5.74) is 6.96. The highest BCUT2D eigenvalue weighted by Crippen LogP contribution is 2.42. The zero-order chi connectivity index (χ0) is 11.9. The summed E-state index contributed by atoms with van der Waals surface area (Å²) in [7, 11) is 0. The van der Waals surface area contributed by atoms with E-state index in [2.05, 4.69) is 5.16 Å². The van der Waals surface area contributed by atoms with Crippen molar-refractivity contribution in [2.45, 2.75) is 6.92 Å². The molecule has 0 amide bonds. The van der Waals surface area contributed by atoms with Crippen LogP contribution in [0, 0.1) is 6.92 Å². The van der Waals surface area contributed by atoms with Crippen LogP contribution in [-0.4, -0.2) is 15.4 Å². The van der Waals surface area contributed by atoms with Crippen LogP contribution in [0.4, 0.5) is 5.88 Å². The van der Waals surface area contributed by atoms with Crippen molar-refractivity contribution >= 4 is 17.5 Å². The van der Waals surface area contributed by atoms with E-state index < -0.39 is 0 Å². The molecule has 1 aromatic carbocycles. The quantitative estimate of drug-likeness (QED) is 0.665. The molecule has 5 nitrogen and oxygen atoms in total. The van der Waals surface area contributed by atoms with Crippen LogP contribution < -0.4 is 5.73 Å². The number of phenols is 2. The lowest BCUT2D eigenvalue weighted by Gasteiger charge is -2.08. The molecule has 1 aromatic heterocycles. The summed E-state index contributed by atoms with van der Waals surface area (Å²) in [6.07, 6.45) is 0. The number of nitrogens with two attached hydrogens (primary N) is 1. The summed E-state index contributed by atoms with van der Waals surface area (Å²) in [5, 5.41) is 22.6. The average Bonchev–Trinajstić information content (AvgIpc) is 2.61. The Hall–Kier alpha value is -1.88. The summed E-state index contributed by atoms with van der Waals surface area (Å²) in [6, 6.07) is 2.88. The van der Waals surface area contributed by atoms with E-state index in [1.807, 2.05) is 0 Å². The molecule has 0 saturated carbocycles. The third kappa shape index (κ3) is 1.55. The highest BCUT2D eigenvalue weighted by Gasteiger charge is 2.17. The van der Waals surface area contributed by atoms with Crippen LogP contribution >= 0.6 is 11.6 Å². The second-order valence-electron chi connectivity index (χ2n) is 3.36. The lowest BCUT2D eigenvalue weighted by molar-refractivity contribution is 0.403. The second-order valence-corrected chi connectivity index (χ2v) is 3.74. The van der Waals surface area contributed by atoms with E-state index in [1.165, 1.54) is 12.1 Å². The zero-order valence-electron chi connectivity index (χ0n) is 8.36. The van der Waals surface area contributed by atoms with Gasteiger partial charge >= 0.3 is 0 Å². The number of anilines is 1. The van der Waals surface area contributed by atoms with Gasteiger partial charge in [0.1, 0.15) is 5.69 Å². The first kappa shape index (κ1) is 10.6. The van der Waals surface area contributed by atoms with Gasteiger partial charge in [-0.2, -0.15) is 0 Å². The van der Waals surface area contributed by atoms with E-state index in [0.717, 1.165) is 0 Å². The van der Waals surface area contributed by atoms with E-state index in [9.17, 15) is 10.2 Å². The van der Waals surface area contributed by atoms with Crippen molar-refractivity contribution in [1.82, 2.24) is 5.16 Å². The minimum absolute atomic E-state index is 0.0193. The molecule has 2 aromatic rings. The lowest BCUT2D eigenvalue weighted by Crippen LogP contribution is -1.86. The van der Waals surface area contributed by atoms with Gasteiger partial charge in [-0.3, -0.25) is 0 Å². The maximum Gasteiger partial charge on any atom is 0.222 e. The van der Waals surface area contributed by atoms with Crippen molar-refractivity contribution in [3.63, 3.8) is 0 Å². The number of aryl methyl sites for hydroxylation is 1. The van der Waals surface area contributed by atoms with Crippen molar-refractivity contribution in [2.75, 3.05) is 5.73 Å². The normalized spacial score (nSPS) is 10.6. The van der Waals surface area contributed by atoms with Crippen LogP contribution in [0.15, 0.2) is 16.7 Å². The largest absolute Gasteiger partial charge is 0.504 e. The maximum absolute atomic E-state index is 9.51. The summed E-state index contributed by atoms with van der Waals surface area (Å²) in [4.78, 5) is 0. The number of hydrogen-bond donors (Lipinski definition) is 3. The number of aromatic hydroxyl groups is 2. The first-order valence-electron chi connectivity index (χ1n) is 4.44. The van der Waals surface area contributed by atoms with Crippen LogP contribution in [0.25, 0.3) is 11.3 Å². The van der Waals surface area contributed by atoms with Gasteiger partial charge in [-0.1, -0.05) is 16.8 Å². The third-order valence-corrected chi connectivity index (χ3v) is 2.57. The van der Waals surface area contributed by atoms with Gasteiger partial charge in [-0.25, -0.2) is 0 Å². The molecule has 0 spiro atoms. The SMILES string of the molecule is Cc1cc(O)c(O)c(Cl)c1-c1cc(N)on1. The van der Waals surface area contributed by atoms with Gasteiger partial charge in [0.15, 0.2) is 11.5 Å². The van der Waals surface area contributed by atoms with Gasteiger partial charge in [0.25, 0.3) is 0 Å². The molecule has 0 radical (unpaired) electrons. The Balaban J connectivity index is 2.70. The fraction of sp³-hybridized carbons (Fsp3) is 0.100. The topological polar surface area (TPSA) is 92.5 Å². The van der Waals surface area contributed by atoms with Gasteiger partial charge in [0.2, 0.25) is 5.88 Å². The minimum Gasteiger partial charge on any atom is -0.504 e. The fourth-order valence-corrected chi connectivity index (χ4v) is 1.81. The molecule has 0 aliphatic rings. The number of hydrogen-bond acceptors (Lipinski definition) is 5. The first-order valence-corrected chi connectivity index (χ1v) is 4.82. The number of nitrogens with zero attached hydrogens (tertiary/aromatic N) is 1. The molecule has 6 heteroatoms. The van der Waals surface area contributed by atoms with Crippen molar-refractivity contribution in [2.24, 2.45) is 0 Å². The Labute approximate surface area is 96.1 Å². The van der Waals surface area contributed by atoms with Crippen LogP contribution in [0.2, 0.25) is 5.02 Å². The highest BCUT2D eigenvalue weighted by atomic mass is 35.5. The van der Waals surface area contributed by atoms with Gasteiger partial charge in [0.05, 0.1) is 5.02 Å². The van der Waals surface area contributed by atoms with E-state index in [-0.39, 0.29) is 22.4 Å². The zero-order valence-corrected chi connectivity index (χ0v) is 9.12. The van der Waals surface area contributed by atoms with E-state index in [0.29, 0.717) is 16.8 Å². The first-order chi connectivity index (χ1) is 7.50. The molecule has 0 saturated heterocycles. The van der Waals surface area contributed by atoms with Crippen LogP contribution in [0.1, 0.15) is 5.56 Å². The summed E-state index contributed by atoms with van der Waals surface area (Å²) in [5.74, 6) is -0.510. The smallest absolute Gasteiger partial charge is 0.222 e. The number of benzene rings is 1. The highest BCUT2D eigenvalue weighted by molar-refractivity contribution is 6.35. The molecule has 1 heterocycles. The summed E-state index contributed by atoms with van der Waals surface area (Å²) in [6.45, 7) is 1.73. The Kier molecular flexibility index (Phi) is 2.40. The lowest BCUT2D eigenvalue weighted by atomic mass is 10.0. The standard InChI is InChI=1S/C10H9ClN2O3/c1-4-2-6(14)10(15)9(11)8(4)5-3-7(12)16-13-5/h2-3,14-15H,12H2,1H3. The number of phenolic OH excluding ortho intramolecular Hbond substituents is 2. The monoisotopic (exact) mass is 240 g/mol. The molecule has 0 atom stereocenters. The molecular weight excluding hydrogens is 232 g/mol. The van der Waals surface area contributed by atoms with E-state index >= 15 is 0 Å². The molecule has 0 aliphatic heterocycles. The van der Waals surface area contributed by atoms with Gasteiger partial charge in [-0.05, 0) is 18.6 Å². The molecule has 84 valence electrons. The van der Waals surface area contributed by atoms with Crippen LogP contribution in [0.5, 0.6) is 11.5 Å². The Morgan fingerprint density at radius 1 is 1.38 bits per heavy atom. The fourth-order valence-electron chi connectivity index (χ4n) is 1.47. The molecule has 0 aliphatic carbocycles. The van der Waals surface area contributed by atoms with Gasteiger partial charge in [0, 0.05) is 11.6 Å². The van der Waals surface area contributed by atoms with Crippen molar-refractivity contribution in [3.05, 3.63) is 22.7 Å². The number of aromatic nitrogens is 1. The number of nitrogen functional groups attached to an aromatic ring is 1. The minimum atomic E-state index is -0.385. The molecule has 0 bridgehead atoms. The molecular formula is C10H9ClN2O3. The van der Waals surface area contributed by atoms with Crippen LogP contribution in [-0.2, 0) is 0 Å². The second kappa shape index (κ2) is 3.61. The third-order valence-electron chi connectivity index (χ3n) is 2.20. The predicted molar refractivity (Wildman–Crippen MR) is 59.4 cm³/mol. The molecule has 16 heavy (non-hydrogen) atoms. The summed E-state index contributed by atoms with van der Waals surface area (Å²) >= 11 is 5.92. The Morgan fingerprint density at radius 2 is 2.06 bits per heavy atom. The van der Waals surface area contributed by atoms with E-state index in [4.69, 9.17) is 21.9 Å². The van der Waals surface area contributed by atoms with Crippen molar-refractivity contribution in [3.8, 4) is 22.8 Å².